The van der Waals surface area contributed by atoms with Gasteiger partial charge in [-0.2, -0.15) is 11.8 Å². The molecule has 0 heterocycles. The number of rotatable bonds is 5. The summed E-state index contributed by atoms with van der Waals surface area (Å²) in [5, 5.41) is 0. The fraction of sp³-hybridized carbons (Fsp3) is 0.263. The fourth-order valence-electron chi connectivity index (χ4n) is 2.87. The Morgan fingerprint density at radius 2 is 1.40 bits per heavy atom. The number of allylic oxidation sites excluding steroid dienone is 2. The molecule has 0 saturated heterocycles. The third-order valence-corrected chi connectivity index (χ3v) is 5.35. The lowest BCUT2D eigenvalue weighted by atomic mass is 9.80. The molecule has 1 aliphatic rings. The topological polar surface area (TPSA) is 0 Å². The van der Waals surface area contributed by atoms with Gasteiger partial charge in [-0.25, -0.2) is 0 Å². The second-order valence-corrected chi connectivity index (χ2v) is 6.49. The first-order valence-electron chi connectivity index (χ1n) is 7.21. The lowest BCUT2D eigenvalue weighted by Crippen LogP contribution is -2.25. The Kier molecular flexibility index (Phi) is 4.27. The first-order valence-corrected chi connectivity index (χ1v) is 8.37. The van der Waals surface area contributed by atoms with E-state index < -0.39 is 0 Å². The monoisotopic (exact) mass is 280 g/mol. The van der Waals surface area contributed by atoms with Crippen molar-refractivity contribution in [3.8, 4) is 0 Å². The Hall–Kier alpha value is -1.47. The molecule has 0 spiro atoms. The lowest BCUT2D eigenvalue weighted by molar-refractivity contribution is 0.522. The number of hydrogen-bond acceptors (Lipinski definition) is 1. The predicted molar refractivity (Wildman–Crippen MR) is 89.1 cm³/mol. The van der Waals surface area contributed by atoms with Gasteiger partial charge in [-0.05, 0) is 24.0 Å². The third kappa shape index (κ3) is 2.99. The van der Waals surface area contributed by atoms with Crippen molar-refractivity contribution < 1.29 is 0 Å². The number of thioether (sulfide) groups is 1. The van der Waals surface area contributed by atoms with E-state index in [1.54, 1.807) is 0 Å². The summed E-state index contributed by atoms with van der Waals surface area (Å²) in [5.41, 5.74) is 3.23. The summed E-state index contributed by atoms with van der Waals surface area (Å²) in [7, 11) is 0. The Labute approximate surface area is 125 Å². The van der Waals surface area contributed by atoms with Crippen molar-refractivity contribution >= 4 is 11.8 Å². The van der Waals surface area contributed by atoms with Crippen LogP contribution in [-0.2, 0) is 11.2 Å². The third-order valence-electron chi connectivity index (χ3n) is 4.06. The molecular formula is C19H20S. The van der Waals surface area contributed by atoms with Crippen molar-refractivity contribution in [2.45, 2.75) is 24.0 Å². The molecular weight excluding hydrogens is 260 g/mol. The molecule has 0 atom stereocenters. The molecule has 0 saturated carbocycles. The molecule has 0 aliphatic heterocycles. The Morgan fingerprint density at radius 1 is 0.800 bits per heavy atom. The molecule has 20 heavy (non-hydrogen) atoms. The summed E-state index contributed by atoms with van der Waals surface area (Å²) >= 11 is 2.06. The van der Waals surface area contributed by atoms with Gasteiger partial charge in [-0.1, -0.05) is 72.8 Å². The molecule has 3 rings (SSSR count). The molecule has 1 aliphatic carbocycles. The van der Waals surface area contributed by atoms with Gasteiger partial charge >= 0.3 is 0 Å². The van der Waals surface area contributed by atoms with Crippen LogP contribution in [-0.4, -0.2) is 5.75 Å². The van der Waals surface area contributed by atoms with Crippen LogP contribution in [0.15, 0.2) is 72.8 Å². The Bertz CT molecular complexity index is 549. The van der Waals surface area contributed by atoms with Crippen LogP contribution in [0.4, 0.5) is 0 Å². The first kappa shape index (κ1) is 13.5. The van der Waals surface area contributed by atoms with Gasteiger partial charge < -0.3 is 0 Å². The molecule has 0 nitrogen and oxygen atoms in total. The highest BCUT2D eigenvalue weighted by Crippen LogP contribution is 2.40. The largest absolute Gasteiger partial charge is 0.156 e. The van der Waals surface area contributed by atoms with Crippen molar-refractivity contribution in [2.24, 2.45) is 0 Å². The van der Waals surface area contributed by atoms with E-state index in [4.69, 9.17) is 0 Å². The predicted octanol–water partition coefficient (Wildman–Crippen LogP) is 5.21. The first-order chi connectivity index (χ1) is 9.89. The fourth-order valence-corrected chi connectivity index (χ4v) is 4.19. The minimum absolute atomic E-state index is 0.320. The van der Waals surface area contributed by atoms with Crippen LogP contribution in [0.25, 0.3) is 0 Å². The summed E-state index contributed by atoms with van der Waals surface area (Å²) in [6.07, 6.45) is 7.05. The van der Waals surface area contributed by atoms with E-state index in [2.05, 4.69) is 84.6 Å². The van der Waals surface area contributed by atoms with E-state index in [1.165, 1.54) is 29.7 Å². The molecule has 1 heteroatoms. The molecule has 2 aromatic carbocycles. The van der Waals surface area contributed by atoms with E-state index >= 15 is 0 Å². The van der Waals surface area contributed by atoms with Gasteiger partial charge in [0.2, 0.25) is 0 Å². The van der Waals surface area contributed by atoms with E-state index in [9.17, 15) is 0 Å². The molecule has 2 aromatic rings. The molecule has 0 N–H and O–H groups in total. The lowest BCUT2D eigenvalue weighted by Gasteiger charge is -2.29. The smallest absolute Gasteiger partial charge is 0.0184 e. The highest BCUT2D eigenvalue weighted by atomic mass is 32.2. The summed E-state index contributed by atoms with van der Waals surface area (Å²) in [5.74, 6) is 2.30. The molecule has 0 aromatic heterocycles. The van der Waals surface area contributed by atoms with Crippen molar-refractivity contribution in [3.63, 3.8) is 0 Å². The zero-order valence-corrected chi connectivity index (χ0v) is 12.5. The molecule has 0 amide bonds. The maximum Gasteiger partial charge on any atom is 0.0184 e. The molecule has 0 radical (unpaired) electrons. The van der Waals surface area contributed by atoms with Crippen molar-refractivity contribution in [1.82, 2.24) is 0 Å². The zero-order valence-electron chi connectivity index (χ0n) is 11.7. The average molecular weight is 280 g/mol. The molecule has 0 unspecified atom stereocenters. The quantitative estimate of drug-likeness (QED) is 0.678. The van der Waals surface area contributed by atoms with E-state index in [0.29, 0.717) is 5.41 Å². The van der Waals surface area contributed by atoms with Crippen LogP contribution < -0.4 is 0 Å². The van der Waals surface area contributed by atoms with E-state index in [1.807, 2.05) is 0 Å². The van der Waals surface area contributed by atoms with Crippen LogP contribution in [0.3, 0.4) is 0 Å². The SMILES string of the molecule is C1=CCC(CSCc2ccccc2)(c2ccccc2)C1. The minimum atomic E-state index is 0.320. The van der Waals surface area contributed by atoms with Gasteiger partial charge in [0.05, 0.1) is 0 Å². The van der Waals surface area contributed by atoms with Crippen LogP contribution >= 0.6 is 11.8 Å². The van der Waals surface area contributed by atoms with Crippen LogP contribution in [0.1, 0.15) is 24.0 Å². The number of hydrogen-bond donors (Lipinski definition) is 0. The molecule has 0 bridgehead atoms. The molecule has 0 fully saturated rings. The van der Waals surface area contributed by atoms with Crippen LogP contribution in [0.2, 0.25) is 0 Å². The van der Waals surface area contributed by atoms with Gasteiger partial charge in [-0.3, -0.25) is 0 Å². The van der Waals surface area contributed by atoms with Crippen molar-refractivity contribution in [1.29, 1.82) is 0 Å². The summed E-state index contributed by atoms with van der Waals surface area (Å²) in [4.78, 5) is 0. The van der Waals surface area contributed by atoms with Crippen molar-refractivity contribution in [2.75, 3.05) is 5.75 Å². The summed E-state index contributed by atoms with van der Waals surface area (Å²) < 4.78 is 0. The maximum atomic E-state index is 2.34. The van der Waals surface area contributed by atoms with Gasteiger partial charge in [0.25, 0.3) is 0 Å². The van der Waals surface area contributed by atoms with Gasteiger partial charge in [0.1, 0.15) is 0 Å². The van der Waals surface area contributed by atoms with Gasteiger partial charge in [0, 0.05) is 16.9 Å². The average Bonchev–Trinajstić information content (AvgIpc) is 2.99. The molecule has 102 valence electrons. The van der Waals surface area contributed by atoms with Crippen LogP contribution in [0.5, 0.6) is 0 Å². The zero-order chi connectivity index (χ0) is 13.7. The van der Waals surface area contributed by atoms with E-state index in [0.717, 1.165) is 5.75 Å². The van der Waals surface area contributed by atoms with Crippen LogP contribution in [0, 0.1) is 0 Å². The second kappa shape index (κ2) is 6.32. The normalized spacial score (nSPS) is 16.4. The summed E-state index contributed by atoms with van der Waals surface area (Å²) in [6, 6.07) is 21.8. The van der Waals surface area contributed by atoms with Crippen molar-refractivity contribution in [3.05, 3.63) is 83.9 Å². The Morgan fingerprint density at radius 3 is 2.05 bits per heavy atom. The van der Waals surface area contributed by atoms with Gasteiger partial charge in [0.15, 0.2) is 0 Å². The van der Waals surface area contributed by atoms with Gasteiger partial charge in [-0.15, -0.1) is 0 Å². The number of benzene rings is 2. The second-order valence-electron chi connectivity index (χ2n) is 5.50. The maximum absolute atomic E-state index is 2.34. The van der Waals surface area contributed by atoms with E-state index in [-0.39, 0.29) is 0 Å². The highest BCUT2D eigenvalue weighted by Gasteiger charge is 2.32. The highest BCUT2D eigenvalue weighted by molar-refractivity contribution is 7.98. The Balaban J connectivity index is 1.67. The standard InChI is InChI=1S/C19H20S/c1-3-9-17(10-4-1)15-20-16-19(13-7-8-14-19)18-11-5-2-6-12-18/h1-12H,13-16H2. The summed E-state index contributed by atoms with van der Waals surface area (Å²) in [6.45, 7) is 0. The minimum Gasteiger partial charge on any atom is -0.156 e.